The lowest BCUT2D eigenvalue weighted by atomic mass is 9.75. The van der Waals surface area contributed by atoms with Crippen molar-refractivity contribution in [1.29, 1.82) is 21.0 Å². The molecule has 2 aliphatic rings. The van der Waals surface area contributed by atoms with Crippen molar-refractivity contribution in [1.82, 2.24) is 0 Å². The third-order valence-corrected chi connectivity index (χ3v) is 6.89. The monoisotopic (exact) mass is 414 g/mol. The quantitative estimate of drug-likeness (QED) is 0.622. The van der Waals surface area contributed by atoms with Gasteiger partial charge in [-0.25, -0.2) is 0 Å². The molecule has 1 aromatic carbocycles. The summed E-state index contributed by atoms with van der Waals surface area (Å²) in [6.07, 6.45) is 3.75. The van der Waals surface area contributed by atoms with Gasteiger partial charge in [-0.15, -0.1) is 11.3 Å². The number of fused-ring (bicyclic) bond motifs is 11. The molecule has 0 aliphatic carbocycles. The van der Waals surface area contributed by atoms with Crippen LogP contribution in [0.5, 0.6) is 0 Å². The summed E-state index contributed by atoms with van der Waals surface area (Å²) < 4.78 is 5.73. The summed E-state index contributed by atoms with van der Waals surface area (Å²) in [6, 6.07) is 19.8. The molecule has 0 saturated carbocycles. The predicted molar refractivity (Wildman–Crippen MR) is 113 cm³/mol. The van der Waals surface area contributed by atoms with Crippen LogP contribution in [0.3, 0.4) is 0 Å². The van der Waals surface area contributed by atoms with Gasteiger partial charge in [-0.1, -0.05) is 24.3 Å². The highest BCUT2D eigenvalue weighted by molar-refractivity contribution is 7.11. The SMILES string of the molecule is N#CC1(C#N)CCCCOCCc2ccc(s2)CCC(C#N)(C#N)c2ccc1cc2. The summed E-state index contributed by atoms with van der Waals surface area (Å²) >= 11 is 1.70. The molecule has 1 aromatic heterocycles. The van der Waals surface area contributed by atoms with E-state index in [0.717, 1.165) is 17.7 Å². The number of thiophene rings is 1. The Hall–Kier alpha value is -3.16. The number of aryl methyl sites for hydroxylation is 1. The molecule has 0 unspecified atom stereocenters. The number of nitrogens with zero attached hydrogens (tertiary/aromatic N) is 4. The summed E-state index contributed by atoms with van der Waals surface area (Å²) in [5, 5.41) is 39.2. The first-order valence-electron chi connectivity index (χ1n) is 10.0. The van der Waals surface area contributed by atoms with Crippen LogP contribution in [0.1, 0.15) is 46.6 Å². The normalized spacial score (nSPS) is 18.5. The molecule has 5 nitrogen and oxygen atoms in total. The largest absolute Gasteiger partial charge is 0.381 e. The molecule has 0 spiro atoms. The van der Waals surface area contributed by atoms with E-state index in [1.54, 1.807) is 35.6 Å². The van der Waals surface area contributed by atoms with Crippen LogP contribution < -0.4 is 0 Å². The zero-order valence-electron chi connectivity index (χ0n) is 16.7. The lowest BCUT2D eigenvalue weighted by Crippen LogP contribution is -2.25. The minimum absolute atomic E-state index is 0.386. The summed E-state index contributed by atoms with van der Waals surface area (Å²) in [6.45, 7) is 1.24. The van der Waals surface area contributed by atoms with Gasteiger partial charge in [-0.05, 0) is 55.4 Å². The zero-order chi connectivity index (χ0) is 21.5. The highest BCUT2D eigenvalue weighted by Gasteiger charge is 2.35. The second kappa shape index (κ2) is 9.56. The van der Waals surface area contributed by atoms with Crippen LogP contribution in [-0.2, 0) is 28.4 Å². The highest BCUT2D eigenvalue weighted by Crippen LogP contribution is 2.34. The van der Waals surface area contributed by atoms with E-state index in [1.807, 2.05) is 0 Å². The summed E-state index contributed by atoms with van der Waals surface area (Å²) in [7, 11) is 0. The van der Waals surface area contributed by atoms with Gasteiger partial charge in [0.25, 0.3) is 0 Å². The second-order valence-corrected chi connectivity index (χ2v) is 8.78. The third-order valence-electron chi connectivity index (χ3n) is 5.68. The van der Waals surface area contributed by atoms with Crippen molar-refractivity contribution in [3.8, 4) is 24.3 Å². The van der Waals surface area contributed by atoms with Crippen molar-refractivity contribution in [3.63, 3.8) is 0 Å². The lowest BCUT2D eigenvalue weighted by molar-refractivity contribution is 0.133. The van der Waals surface area contributed by atoms with Crippen LogP contribution in [0, 0.1) is 45.3 Å². The smallest absolute Gasteiger partial charge is 0.169 e. The van der Waals surface area contributed by atoms with Gasteiger partial charge in [-0.2, -0.15) is 21.0 Å². The fourth-order valence-corrected chi connectivity index (χ4v) is 4.73. The molecule has 0 saturated heterocycles. The van der Waals surface area contributed by atoms with Crippen LogP contribution in [0.2, 0.25) is 0 Å². The van der Waals surface area contributed by atoms with Crippen LogP contribution in [-0.4, -0.2) is 13.2 Å². The Morgan fingerprint density at radius 2 is 1.20 bits per heavy atom. The minimum Gasteiger partial charge on any atom is -0.381 e. The maximum absolute atomic E-state index is 9.85. The molecule has 150 valence electrons. The van der Waals surface area contributed by atoms with Gasteiger partial charge in [0.2, 0.25) is 0 Å². The van der Waals surface area contributed by atoms with Gasteiger partial charge < -0.3 is 4.74 Å². The third kappa shape index (κ3) is 4.37. The highest BCUT2D eigenvalue weighted by atomic mass is 32.1. The van der Waals surface area contributed by atoms with Crippen molar-refractivity contribution in [2.24, 2.45) is 0 Å². The van der Waals surface area contributed by atoms with E-state index in [1.165, 1.54) is 4.88 Å². The van der Waals surface area contributed by atoms with E-state index in [0.29, 0.717) is 50.0 Å². The predicted octanol–water partition coefficient (Wildman–Crippen LogP) is 4.69. The van der Waals surface area contributed by atoms with Gasteiger partial charge >= 0.3 is 0 Å². The first-order chi connectivity index (χ1) is 14.6. The topological polar surface area (TPSA) is 104 Å². The summed E-state index contributed by atoms with van der Waals surface area (Å²) in [4.78, 5) is 2.37. The first-order valence-corrected chi connectivity index (χ1v) is 10.8. The maximum atomic E-state index is 9.85. The number of nitriles is 4. The van der Waals surface area contributed by atoms with Gasteiger partial charge in [0.15, 0.2) is 10.8 Å². The van der Waals surface area contributed by atoms with Crippen LogP contribution in [0.15, 0.2) is 36.4 Å². The fraction of sp³-hybridized carbons (Fsp3) is 0.417. The molecule has 4 bridgehead atoms. The van der Waals surface area contributed by atoms with E-state index >= 15 is 0 Å². The van der Waals surface area contributed by atoms with E-state index in [2.05, 4.69) is 36.4 Å². The summed E-state index contributed by atoms with van der Waals surface area (Å²) in [5.74, 6) is 0. The Labute approximate surface area is 181 Å². The van der Waals surface area contributed by atoms with Crippen molar-refractivity contribution in [3.05, 3.63) is 57.3 Å². The number of benzene rings is 1. The molecule has 2 aromatic rings. The van der Waals surface area contributed by atoms with Crippen molar-refractivity contribution in [2.75, 3.05) is 13.2 Å². The zero-order valence-corrected chi connectivity index (χ0v) is 17.5. The Morgan fingerprint density at radius 3 is 1.77 bits per heavy atom. The maximum Gasteiger partial charge on any atom is 0.169 e. The summed E-state index contributed by atoms with van der Waals surface area (Å²) in [5.41, 5.74) is -1.30. The number of hydrogen-bond donors (Lipinski definition) is 0. The Kier molecular flexibility index (Phi) is 6.87. The first kappa shape index (κ1) is 21.5. The minimum atomic E-state index is -1.26. The van der Waals surface area contributed by atoms with E-state index in [-0.39, 0.29) is 0 Å². The van der Waals surface area contributed by atoms with Crippen LogP contribution >= 0.6 is 11.3 Å². The number of rotatable bonds is 0. The molecule has 6 heteroatoms. The van der Waals surface area contributed by atoms with Crippen molar-refractivity contribution < 1.29 is 4.74 Å². The van der Waals surface area contributed by atoms with Crippen molar-refractivity contribution in [2.45, 2.75) is 49.4 Å². The number of hydrogen-bond acceptors (Lipinski definition) is 6. The molecular weight excluding hydrogens is 392 g/mol. The Bertz CT molecular complexity index is 1020. The molecule has 3 heterocycles. The van der Waals surface area contributed by atoms with E-state index < -0.39 is 10.8 Å². The molecule has 0 N–H and O–H groups in total. The Balaban J connectivity index is 1.97. The van der Waals surface area contributed by atoms with Gasteiger partial charge in [-0.3, -0.25) is 0 Å². The second-order valence-electron chi connectivity index (χ2n) is 7.52. The van der Waals surface area contributed by atoms with Crippen LogP contribution in [0.4, 0.5) is 0 Å². The fourth-order valence-electron chi connectivity index (χ4n) is 3.73. The molecule has 0 fully saturated rings. The van der Waals surface area contributed by atoms with Gasteiger partial charge in [0.05, 0.1) is 30.9 Å². The van der Waals surface area contributed by atoms with Crippen LogP contribution in [0.25, 0.3) is 0 Å². The molecular formula is C24H22N4OS. The lowest BCUT2D eigenvalue weighted by Gasteiger charge is -2.22. The van der Waals surface area contributed by atoms with E-state index in [9.17, 15) is 21.0 Å². The molecule has 0 atom stereocenters. The number of ether oxygens (including phenoxy) is 1. The van der Waals surface area contributed by atoms with Gasteiger partial charge in [0, 0.05) is 22.8 Å². The standard InChI is InChI=1S/C24H22N4OS/c25-15-23(16-26)11-1-2-13-29-14-10-22-8-7-21(30-22)9-12-24(17-27,18-28)20-5-3-19(23)4-6-20/h3-8H,1-2,9-14H2. The molecule has 2 aliphatic heterocycles. The average molecular weight is 415 g/mol. The molecule has 4 rings (SSSR count). The van der Waals surface area contributed by atoms with E-state index in [4.69, 9.17) is 4.74 Å². The molecule has 0 amide bonds. The van der Waals surface area contributed by atoms with Crippen molar-refractivity contribution >= 4 is 11.3 Å². The average Bonchev–Trinajstić information content (AvgIpc) is 3.25. The molecule has 30 heavy (non-hydrogen) atoms. The Morgan fingerprint density at radius 1 is 0.667 bits per heavy atom. The molecule has 0 radical (unpaired) electrons. The van der Waals surface area contributed by atoms with Gasteiger partial charge in [0.1, 0.15) is 0 Å².